The summed E-state index contributed by atoms with van der Waals surface area (Å²) in [5.41, 5.74) is 2.04. The molecule has 2 amide bonds. The van der Waals surface area contributed by atoms with E-state index in [1.807, 2.05) is 0 Å². The van der Waals surface area contributed by atoms with E-state index >= 15 is 0 Å². The molecule has 0 unspecified atom stereocenters. The lowest BCUT2D eigenvalue weighted by molar-refractivity contribution is 0.103. The Hall–Kier alpha value is -2.37. The third-order valence-electron chi connectivity index (χ3n) is 3.58. The number of hydrazone groups is 1. The summed E-state index contributed by atoms with van der Waals surface area (Å²) in [4.78, 5) is 24.6. The summed E-state index contributed by atoms with van der Waals surface area (Å²) in [6.45, 7) is 2.15. The molecular formula is C17H13Cl2N3O2. The summed E-state index contributed by atoms with van der Waals surface area (Å²) < 4.78 is 0. The number of hydrogen-bond donors (Lipinski definition) is 1. The van der Waals surface area contributed by atoms with Gasteiger partial charge in [0.05, 0.1) is 17.3 Å². The van der Waals surface area contributed by atoms with Gasteiger partial charge in [-0.15, -0.1) is 0 Å². The second-order valence-electron chi connectivity index (χ2n) is 5.25. The van der Waals surface area contributed by atoms with Crippen molar-refractivity contribution in [2.24, 2.45) is 5.10 Å². The van der Waals surface area contributed by atoms with Gasteiger partial charge in [-0.3, -0.25) is 4.79 Å². The number of urea groups is 1. The summed E-state index contributed by atoms with van der Waals surface area (Å²) in [7, 11) is 0. The monoisotopic (exact) mass is 361 g/mol. The average molecular weight is 362 g/mol. The minimum Gasteiger partial charge on any atom is -0.331 e. The predicted molar refractivity (Wildman–Crippen MR) is 95.4 cm³/mol. The van der Waals surface area contributed by atoms with Gasteiger partial charge in [0.25, 0.3) is 0 Å². The van der Waals surface area contributed by atoms with Crippen molar-refractivity contribution in [2.45, 2.75) is 6.92 Å². The number of halogens is 2. The third-order valence-corrected chi connectivity index (χ3v) is 4.13. The molecule has 2 aromatic rings. The Labute approximate surface area is 148 Å². The van der Waals surface area contributed by atoms with Crippen LogP contribution in [0, 0.1) is 6.92 Å². The van der Waals surface area contributed by atoms with Crippen LogP contribution in [-0.4, -0.2) is 24.6 Å². The molecule has 5 nitrogen and oxygen atoms in total. The highest BCUT2D eigenvalue weighted by Gasteiger charge is 2.22. The van der Waals surface area contributed by atoms with Gasteiger partial charge in [-0.05, 0) is 48.9 Å². The molecule has 1 heterocycles. The molecule has 0 spiro atoms. The number of hydrogen-bond acceptors (Lipinski definition) is 3. The summed E-state index contributed by atoms with van der Waals surface area (Å²) in [6.07, 6.45) is 1.58. The summed E-state index contributed by atoms with van der Waals surface area (Å²) in [5.74, 6) is -0.202. The smallest absolute Gasteiger partial charge is 0.331 e. The minimum absolute atomic E-state index is 0.202. The molecule has 0 fully saturated rings. The minimum atomic E-state index is -0.343. The molecule has 1 N–H and O–H groups in total. The van der Waals surface area contributed by atoms with Crippen molar-refractivity contribution in [1.29, 1.82) is 0 Å². The normalized spacial score (nSPS) is 13.8. The van der Waals surface area contributed by atoms with E-state index in [0.29, 0.717) is 33.9 Å². The second-order valence-corrected chi connectivity index (χ2v) is 6.10. The van der Waals surface area contributed by atoms with Gasteiger partial charge in [0.15, 0.2) is 5.78 Å². The van der Waals surface area contributed by atoms with Crippen LogP contribution >= 0.6 is 23.2 Å². The zero-order chi connectivity index (χ0) is 17.3. The molecule has 0 saturated carbocycles. The van der Waals surface area contributed by atoms with E-state index in [4.69, 9.17) is 23.2 Å². The van der Waals surface area contributed by atoms with Crippen molar-refractivity contribution >= 4 is 46.9 Å². The Morgan fingerprint density at radius 2 is 1.92 bits per heavy atom. The summed E-state index contributed by atoms with van der Waals surface area (Å²) in [5, 5.41) is 8.72. The summed E-state index contributed by atoms with van der Waals surface area (Å²) >= 11 is 12.2. The van der Waals surface area contributed by atoms with Gasteiger partial charge in [0.2, 0.25) is 0 Å². The Kier molecular flexibility index (Phi) is 4.55. The van der Waals surface area contributed by atoms with E-state index in [-0.39, 0.29) is 16.8 Å². The molecule has 0 atom stereocenters. The predicted octanol–water partition coefficient (Wildman–Crippen LogP) is 4.05. The first kappa shape index (κ1) is 16.5. The van der Waals surface area contributed by atoms with Crippen molar-refractivity contribution in [1.82, 2.24) is 5.32 Å². The highest BCUT2D eigenvalue weighted by atomic mass is 35.5. The van der Waals surface area contributed by atoms with E-state index in [2.05, 4.69) is 10.4 Å². The van der Waals surface area contributed by atoms with E-state index in [1.165, 1.54) is 5.01 Å². The summed E-state index contributed by atoms with van der Waals surface area (Å²) in [6, 6.07) is 9.52. The molecule has 7 heteroatoms. The number of anilines is 1. The topological polar surface area (TPSA) is 61.8 Å². The van der Waals surface area contributed by atoms with Gasteiger partial charge < -0.3 is 5.32 Å². The fourth-order valence-electron chi connectivity index (χ4n) is 2.45. The van der Waals surface area contributed by atoms with Crippen LogP contribution < -0.4 is 10.3 Å². The SMILES string of the molecule is Cc1cc(N2N=CCNC2=O)cc(Cl)c1C(=O)c1ccc(Cl)cc1. The molecule has 1 aliphatic rings. The Balaban J connectivity index is 2.00. The molecule has 0 saturated heterocycles. The van der Waals surface area contributed by atoms with Crippen LogP contribution in [0.15, 0.2) is 41.5 Å². The van der Waals surface area contributed by atoms with Gasteiger partial charge in [0.1, 0.15) is 0 Å². The van der Waals surface area contributed by atoms with E-state index in [1.54, 1.807) is 49.5 Å². The van der Waals surface area contributed by atoms with Gasteiger partial charge in [-0.1, -0.05) is 23.2 Å². The maximum absolute atomic E-state index is 12.7. The molecule has 0 radical (unpaired) electrons. The maximum atomic E-state index is 12.7. The average Bonchev–Trinajstić information content (AvgIpc) is 2.55. The molecule has 24 heavy (non-hydrogen) atoms. The Bertz CT molecular complexity index is 824. The number of aryl methyl sites for hydroxylation is 1. The van der Waals surface area contributed by atoms with Crippen molar-refractivity contribution in [3.05, 3.63) is 63.1 Å². The molecule has 0 aliphatic carbocycles. The van der Waals surface area contributed by atoms with E-state index in [9.17, 15) is 9.59 Å². The molecule has 1 aliphatic heterocycles. The van der Waals surface area contributed by atoms with Crippen LogP contribution in [-0.2, 0) is 0 Å². The number of carbonyl (C=O) groups is 2. The van der Waals surface area contributed by atoms with Crippen LogP contribution in [0.4, 0.5) is 10.5 Å². The second kappa shape index (κ2) is 6.63. The third kappa shape index (κ3) is 3.13. The van der Waals surface area contributed by atoms with Crippen LogP contribution in [0.25, 0.3) is 0 Å². The van der Waals surface area contributed by atoms with Crippen molar-refractivity contribution < 1.29 is 9.59 Å². The number of ketones is 1. The molecule has 2 aromatic carbocycles. The zero-order valence-corrected chi connectivity index (χ0v) is 14.2. The number of nitrogens with zero attached hydrogens (tertiary/aromatic N) is 2. The lowest BCUT2D eigenvalue weighted by atomic mass is 9.98. The van der Waals surface area contributed by atoms with Gasteiger partial charge in [0, 0.05) is 22.4 Å². The fourth-order valence-corrected chi connectivity index (χ4v) is 2.92. The lowest BCUT2D eigenvalue weighted by Crippen LogP contribution is -2.41. The van der Waals surface area contributed by atoms with Crippen LogP contribution in [0.1, 0.15) is 21.5 Å². The number of carbonyl (C=O) groups excluding carboxylic acids is 2. The number of nitrogens with one attached hydrogen (secondary N) is 1. The quantitative estimate of drug-likeness (QED) is 0.838. The maximum Gasteiger partial charge on any atom is 0.342 e. The van der Waals surface area contributed by atoms with Crippen molar-refractivity contribution in [3.63, 3.8) is 0 Å². The first-order valence-corrected chi connectivity index (χ1v) is 7.94. The molecule has 3 rings (SSSR count). The van der Waals surface area contributed by atoms with E-state index < -0.39 is 0 Å². The van der Waals surface area contributed by atoms with Crippen LogP contribution in [0.3, 0.4) is 0 Å². The van der Waals surface area contributed by atoms with E-state index in [0.717, 1.165) is 0 Å². The highest BCUT2D eigenvalue weighted by molar-refractivity contribution is 6.35. The van der Waals surface area contributed by atoms with Gasteiger partial charge >= 0.3 is 6.03 Å². The zero-order valence-electron chi connectivity index (χ0n) is 12.7. The lowest BCUT2D eigenvalue weighted by Gasteiger charge is -2.22. The molecule has 0 bridgehead atoms. The molecule has 122 valence electrons. The number of benzene rings is 2. The molecular weight excluding hydrogens is 349 g/mol. The van der Waals surface area contributed by atoms with Crippen LogP contribution in [0.2, 0.25) is 10.0 Å². The van der Waals surface area contributed by atoms with Gasteiger partial charge in [-0.25, -0.2) is 4.79 Å². The number of rotatable bonds is 3. The first-order chi connectivity index (χ1) is 11.5. The number of amides is 2. The van der Waals surface area contributed by atoms with Crippen molar-refractivity contribution in [3.8, 4) is 0 Å². The largest absolute Gasteiger partial charge is 0.342 e. The first-order valence-electron chi connectivity index (χ1n) is 7.18. The van der Waals surface area contributed by atoms with Crippen LogP contribution in [0.5, 0.6) is 0 Å². The van der Waals surface area contributed by atoms with Gasteiger partial charge in [-0.2, -0.15) is 10.1 Å². The highest BCUT2D eigenvalue weighted by Crippen LogP contribution is 2.30. The Morgan fingerprint density at radius 1 is 1.21 bits per heavy atom. The standard InChI is InChI=1S/C17H13Cl2N3O2/c1-10-8-13(22-17(24)20-6-7-21-22)9-14(19)15(10)16(23)11-2-4-12(18)5-3-11/h2-5,7-9H,6H2,1H3,(H,20,24). The van der Waals surface area contributed by atoms with Crippen molar-refractivity contribution in [2.75, 3.05) is 11.6 Å². The fraction of sp³-hybridized carbons (Fsp3) is 0.118. The Morgan fingerprint density at radius 3 is 2.54 bits per heavy atom. The molecule has 0 aromatic heterocycles.